The molecule has 0 radical (unpaired) electrons. The lowest BCUT2D eigenvalue weighted by Gasteiger charge is -2.17. The van der Waals surface area contributed by atoms with Crippen molar-refractivity contribution in [2.45, 2.75) is 18.5 Å². The summed E-state index contributed by atoms with van der Waals surface area (Å²) in [5.41, 5.74) is 0. The lowest BCUT2D eigenvalue weighted by molar-refractivity contribution is -0.115. The first kappa shape index (κ1) is 5.41. The van der Waals surface area contributed by atoms with Gasteiger partial charge in [-0.1, -0.05) is 12.2 Å². The molecule has 2 bridgehead atoms. The first-order valence-corrected chi connectivity index (χ1v) is 3.00. The van der Waals surface area contributed by atoms with Crippen LogP contribution in [0, 0.1) is 0 Å². The summed E-state index contributed by atoms with van der Waals surface area (Å²) in [5, 5.41) is 9.06. The molecule has 0 amide bonds. The van der Waals surface area contributed by atoms with E-state index in [1.165, 1.54) is 0 Å². The summed E-state index contributed by atoms with van der Waals surface area (Å²) in [4.78, 5) is 0. The zero-order valence-corrected chi connectivity index (χ0v) is 4.86. The molecule has 3 nitrogen and oxygen atoms in total. The molecule has 0 saturated carbocycles. The summed E-state index contributed by atoms with van der Waals surface area (Å²) in [6.07, 6.45) is 2.65. The van der Waals surface area contributed by atoms with Crippen molar-refractivity contribution in [3.8, 4) is 0 Å². The highest BCUT2D eigenvalue weighted by Crippen LogP contribution is 2.20. The van der Waals surface area contributed by atoms with Crippen LogP contribution in [0.1, 0.15) is 0 Å². The summed E-state index contributed by atoms with van der Waals surface area (Å²) in [7, 11) is 0. The third-order valence-electron chi connectivity index (χ3n) is 1.54. The zero-order chi connectivity index (χ0) is 6.27. The number of ether oxygens (including phenoxy) is 2. The van der Waals surface area contributed by atoms with E-state index in [-0.39, 0.29) is 6.10 Å². The largest absolute Gasteiger partial charge is 0.384 e. The smallest absolute Gasteiger partial charge is 0.188 e. The Kier molecular flexibility index (Phi) is 1.08. The Bertz CT molecular complexity index is 143. The van der Waals surface area contributed by atoms with Crippen LogP contribution in [0.4, 0.5) is 0 Å². The molecule has 3 heteroatoms. The number of fused-ring (bicyclic) bond motifs is 2. The molecule has 0 aromatic rings. The summed E-state index contributed by atoms with van der Waals surface area (Å²) < 4.78 is 10.2. The Hall–Kier alpha value is -0.380. The molecule has 9 heavy (non-hydrogen) atoms. The second-order valence-corrected chi connectivity index (χ2v) is 2.25. The molecule has 1 saturated heterocycles. The molecule has 2 heterocycles. The second-order valence-electron chi connectivity index (χ2n) is 2.25. The maximum Gasteiger partial charge on any atom is 0.188 e. The molecule has 0 spiro atoms. The van der Waals surface area contributed by atoms with Gasteiger partial charge in [-0.2, -0.15) is 0 Å². The predicted octanol–water partition coefficient (Wildman–Crippen LogP) is -0.341. The summed E-state index contributed by atoms with van der Waals surface area (Å²) in [6.45, 7) is 0.582. The fourth-order valence-corrected chi connectivity index (χ4v) is 1.05. The van der Waals surface area contributed by atoms with Crippen LogP contribution < -0.4 is 0 Å². The van der Waals surface area contributed by atoms with Gasteiger partial charge in [0.15, 0.2) is 6.29 Å². The molecule has 2 aliphatic heterocycles. The molecule has 0 aromatic heterocycles. The van der Waals surface area contributed by atoms with Crippen molar-refractivity contribution in [1.29, 1.82) is 0 Å². The minimum Gasteiger partial charge on any atom is -0.384 e. The van der Waals surface area contributed by atoms with E-state index in [4.69, 9.17) is 14.6 Å². The van der Waals surface area contributed by atoms with Gasteiger partial charge in [0, 0.05) is 0 Å². The van der Waals surface area contributed by atoms with Crippen LogP contribution in [-0.4, -0.2) is 30.2 Å². The first-order valence-electron chi connectivity index (χ1n) is 3.00. The fourth-order valence-electron chi connectivity index (χ4n) is 1.05. The van der Waals surface area contributed by atoms with Gasteiger partial charge in [-0.15, -0.1) is 0 Å². The quantitative estimate of drug-likeness (QED) is 0.453. The van der Waals surface area contributed by atoms with E-state index >= 15 is 0 Å². The number of rotatable bonds is 0. The molecule has 2 aliphatic rings. The van der Waals surface area contributed by atoms with E-state index in [0.29, 0.717) is 6.61 Å². The summed E-state index contributed by atoms with van der Waals surface area (Å²) >= 11 is 0. The molecular formula is C6H8O3. The van der Waals surface area contributed by atoms with E-state index < -0.39 is 12.4 Å². The fraction of sp³-hybridized carbons (Fsp3) is 0.667. The molecule has 0 unspecified atom stereocenters. The standard InChI is InChI=1S/C6H8O3/c7-5-2-1-4-3-8-6(5)9-4/h1-2,4-7H,3H2/t4-,5-,6+/m0/s1. The van der Waals surface area contributed by atoms with Crippen LogP contribution in [-0.2, 0) is 9.47 Å². The average molecular weight is 128 g/mol. The van der Waals surface area contributed by atoms with Crippen LogP contribution in [0.25, 0.3) is 0 Å². The van der Waals surface area contributed by atoms with E-state index in [0.717, 1.165) is 0 Å². The molecule has 0 aromatic carbocycles. The Labute approximate surface area is 52.9 Å². The highest BCUT2D eigenvalue weighted by molar-refractivity contribution is 5.02. The maximum absolute atomic E-state index is 9.06. The van der Waals surface area contributed by atoms with Gasteiger partial charge in [0.2, 0.25) is 0 Å². The number of hydrogen-bond donors (Lipinski definition) is 1. The lowest BCUT2D eigenvalue weighted by atomic mass is 10.2. The van der Waals surface area contributed by atoms with Crippen molar-refractivity contribution in [3.05, 3.63) is 12.2 Å². The molecule has 0 aliphatic carbocycles. The number of hydrogen-bond acceptors (Lipinski definition) is 3. The lowest BCUT2D eigenvalue weighted by Crippen LogP contribution is -2.28. The second kappa shape index (κ2) is 1.80. The van der Waals surface area contributed by atoms with Gasteiger partial charge in [0.25, 0.3) is 0 Å². The molecule has 3 atom stereocenters. The molecule has 2 rings (SSSR count). The molecule has 1 N–H and O–H groups in total. The molecule has 50 valence electrons. The Morgan fingerprint density at radius 2 is 2.33 bits per heavy atom. The monoisotopic (exact) mass is 128 g/mol. The van der Waals surface area contributed by atoms with Crippen LogP contribution in [0.3, 0.4) is 0 Å². The van der Waals surface area contributed by atoms with Crippen molar-refractivity contribution in [2.24, 2.45) is 0 Å². The van der Waals surface area contributed by atoms with Gasteiger partial charge in [0.05, 0.1) is 6.61 Å². The van der Waals surface area contributed by atoms with E-state index in [9.17, 15) is 0 Å². The van der Waals surface area contributed by atoms with Crippen LogP contribution >= 0.6 is 0 Å². The third kappa shape index (κ3) is 0.775. The SMILES string of the molecule is O[C@H]1C=C[C@H]2CO[C@@H]1O2. The van der Waals surface area contributed by atoms with E-state index in [1.54, 1.807) is 6.08 Å². The van der Waals surface area contributed by atoms with Gasteiger partial charge < -0.3 is 14.6 Å². The van der Waals surface area contributed by atoms with Crippen molar-refractivity contribution in [3.63, 3.8) is 0 Å². The maximum atomic E-state index is 9.06. The van der Waals surface area contributed by atoms with Crippen LogP contribution in [0.5, 0.6) is 0 Å². The van der Waals surface area contributed by atoms with Gasteiger partial charge >= 0.3 is 0 Å². The van der Waals surface area contributed by atoms with Gasteiger partial charge in [-0.05, 0) is 0 Å². The Balaban J connectivity index is 2.19. The topological polar surface area (TPSA) is 38.7 Å². The zero-order valence-electron chi connectivity index (χ0n) is 4.86. The average Bonchev–Trinajstić information content (AvgIpc) is 2.25. The van der Waals surface area contributed by atoms with E-state index in [1.807, 2.05) is 6.08 Å². The normalized spacial score (nSPS) is 47.9. The third-order valence-corrected chi connectivity index (χ3v) is 1.54. The predicted molar refractivity (Wildman–Crippen MR) is 29.8 cm³/mol. The summed E-state index contributed by atoms with van der Waals surface area (Å²) in [5.74, 6) is 0. The highest BCUT2D eigenvalue weighted by atomic mass is 16.7. The van der Waals surface area contributed by atoms with Gasteiger partial charge in [-0.25, -0.2) is 0 Å². The molecule has 1 fully saturated rings. The van der Waals surface area contributed by atoms with Gasteiger partial charge in [0.1, 0.15) is 12.2 Å². The Morgan fingerprint density at radius 1 is 1.44 bits per heavy atom. The minimum absolute atomic E-state index is 0.0819. The van der Waals surface area contributed by atoms with E-state index in [2.05, 4.69) is 0 Å². The van der Waals surface area contributed by atoms with Crippen molar-refractivity contribution >= 4 is 0 Å². The van der Waals surface area contributed by atoms with Gasteiger partial charge in [-0.3, -0.25) is 0 Å². The number of aliphatic hydroxyl groups is 1. The van der Waals surface area contributed by atoms with Crippen molar-refractivity contribution in [1.82, 2.24) is 0 Å². The van der Waals surface area contributed by atoms with Crippen molar-refractivity contribution < 1.29 is 14.6 Å². The Morgan fingerprint density at radius 3 is 3.11 bits per heavy atom. The number of aliphatic hydroxyl groups excluding tert-OH is 1. The first-order chi connectivity index (χ1) is 4.36. The molecular weight excluding hydrogens is 120 g/mol. The highest BCUT2D eigenvalue weighted by Gasteiger charge is 2.32. The van der Waals surface area contributed by atoms with Crippen LogP contribution in [0.2, 0.25) is 0 Å². The van der Waals surface area contributed by atoms with Crippen molar-refractivity contribution in [2.75, 3.05) is 6.61 Å². The minimum atomic E-state index is -0.566. The summed E-state index contributed by atoms with van der Waals surface area (Å²) in [6, 6.07) is 0. The van der Waals surface area contributed by atoms with Crippen LogP contribution in [0.15, 0.2) is 12.2 Å².